The normalized spacial score (nSPS) is 18.5. The zero-order chi connectivity index (χ0) is 37.9. The third-order valence-electron chi connectivity index (χ3n) is 14.3. The largest absolute Gasteiger partial charge is 0.0654 e. The molecule has 4 unspecified atom stereocenters. The van der Waals surface area contributed by atoms with Gasteiger partial charge >= 0.3 is 0 Å². The third-order valence-corrected chi connectivity index (χ3v) is 14.3. The monoisotopic (exact) mass is 711 g/mol. The van der Waals surface area contributed by atoms with Gasteiger partial charge in [-0.15, -0.1) is 0 Å². The van der Waals surface area contributed by atoms with E-state index >= 15 is 0 Å². The van der Waals surface area contributed by atoms with Gasteiger partial charge in [-0.05, 0) is 82.0 Å². The molecule has 53 heavy (non-hydrogen) atoms. The number of fused-ring (bicyclic) bond motifs is 3. The van der Waals surface area contributed by atoms with E-state index in [1.54, 1.807) is 11.1 Å². The Morgan fingerprint density at radius 1 is 0.434 bits per heavy atom. The van der Waals surface area contributed by atoms with Crippen molar-refractivity contribution in [2.45, 2.75) is 174 Å². The van der Waals surface area contributed by atoms with E-state index in [0.717, 1.165) is 12.8 Å². The summed E-state index contributed by atoms with van der Waals surface area (Å²) in [5, 5.41) is 0. The first-order chi connectivity index (χ1) is 25.8. The Morgan fingerprint density at radius 2 is 0.811 bits per heavy atom. The van der Waals surface area contributed by atoms with Crippen LogP contribution in [0.2, 0.25) is 0 Å². The van der Waals surface area contributed by atoms with E-state index in [1.165, 1.54) is 123 Å². The van der Waals surface area contributed by atoms with Gasteiger partial charge in [-0.2, -0.15) is 0 Å². The quantitative estimate of drug-likeness (QED) is 0.0712. The van der Waals surface area contributed by atoms with E-state index in [1.807, 2.05) is 0 Å². The Balaban J connectivity index is 1.78. The second-order valence-corrected chi connectivity index (χ2v) is 17.1. The first kappa shape index (κ1) is 41.1. The van der Waals surface area contributed by atoms with Crippen LogP contribution in [0.25, 0.3) is 11.1 Å². The fourth-order valence-electron chi connectivity index (χ4n) is 10.5. The van der Waals surface area contributed by atoms with Crippen LogP contribution in [0.3, 0.4) is 0 Å². The molecule has 0 saturated carbocycles. The summed E-state index contributed by atoms with van der Waals surface area (Å²) in [6, 6.07) is 38.3. The van der Waals surface area contributed by atoms with Crippen LogP contribution in [0, 0.1) is 11.8 Å². The summed E-state index contributed by atoms with van der Waals surface area (Å²) in [5.41, 5.74) is 12.1. The minimum atomic E-state index is -0.0419. The molecule has 0 heteroatoms. The molecule has 4 atom stereocenters. The molecule has 1 aliphatic carbocycles. The van der Waals surface area contributed by atoms with Gasteiger partial charge in [0.1, 0.15) is 0 Å². The van der Waals surface area contributed by atoms with Crippen LogP contribution in [-0.4, -0.2) is 0 Å². The van der Waals surface area contributed by atoms with Crippen LogP contribution in [0.5, 0.6) is 0 Å². The predicted molar refractivity (Wildman–Crippen MR) is 233 cm³/mol. The molecule has 0 aromatic heterocycles. The lowest BCUT2D eigenvalue weighted by Gasteiger charge is -2.47. The van der Waals surface area contributed by atoms with Crippen LogP contribution < -0.4 is 0 Å². The lowest BCUT2D eigenvalue weighted by atomic mass is 9.56. The van der Waals surface area contributed by atoms with E-state index < -0.39 is 0 Å². The Hall–Kier alpha value is -3.12. The predicted octanol–water partition coefficient (Wildman–Crippen LogP) is 16.2. The molecule has 0 aliphatic heterocycles. The van der Waals surface area contributed by atoms with Gasteiger partial charge in [0.05, 0.1) is 0 Å². The van der Waals surface area contributed by atoms with Crippen molar-refractivity contribution in [1.29, 1.82) is 0 Å². The van der Waals surface area contributed by atoms with Crippen molar-refractivity contribution in [3.05, 3.63) is 130 Å². The standard InChI is InChI=1S/C53H74/c1-9-15-17-19-23-29-41(11-3)53(42(12-4)30-24-20-18-16-10-2)49-39-45(51(7,13-5)43-31-25-21-26-32-43)35-37-47(49)48-38-36-46(40-50(48)53)52(8,14-6)44-33-27-22-28-34-44/h21-22,25-28,31-42H,9-20,23-24,29-30H2,1-8H3. The van der Waals surface area contributed by atoms with Crippen LogP contribution in [0.1, 0.15) is 192 Å². The van der Waals surface area contributed by atoms with Gasteiger partial charge < -0.3 is 0 Å². The summed E-state index contributed by atoms with van der Waals surface area (Å²) in [6.07, 6.45) is 20.7. The van der Waals surface area contributed by atoms with Crippen molar-refractivity contribution >= 4 is 0 Å². The highest BCUT2D eigenvalue weighted by Gasteiger charge is 2.52. The highest BCUT2D eigenvalue weighted by Crippen LogP contribution is 2.61. The molecule has 4 aromatic carbocycles. The van der Waals surface area contributed by atoms with Crippen LogP contribution >= 0.6 is 0 Å². The molecule has 0 N–H and O–H groups in total. The maximum Gasteiger partial charge on any atom is 0.0271 e. The molecule has 0 amide bonds. The Bertz CT molecular complexity index is 1550. The highest BCUT2D eigenvalue weighted by molar-refractivity contribution is 5.83. The molecular formula is C53H74. The zero-order valence-corrected chi connectivity index (χ0v) is 35.2. The number of rotatable bonds is 22. The molecule has 5 rings (SSSR count). The van der Waals surface area contributed by atoms with Crippen molar-refractivity contribution in [2.75, 3.05) is 0 Å². The SMILES string of the molecule is CCCCCCCC(CC)C1(C(CC)CCCCCCC)c2cc(C(C)(CC)c3ccccc3)ccc2-c2ccc(C(C)(CC)c3ccccc3)cc21. The molecule has 4 aromatic rings. The number of benzene rings is 4. The lowest BCUT2D eigenvalue weighted by Crippen LogP contribution is -2.42. The second-order valence-electron chi connectivity index (χ2n) is 17.1. The summed E-state index contributed by atoms with van der Waals surface area (Å²) < 4.78 is 0. The minimum absolute atomic E-state index is 0.00756. The average Bonchev–Trinajstić information content (AvgIpc) is 3.50. The molecule has 0 heterocycles. The van der Waals surface area contributed by atoms with Crippen molar-refractivity contribution in [3.63, 3.8) is 0 Å². The topological polar surface area (TPSA) is 0 Å². The van der Waals surface area contributed by atoms with Crippen LogP contribution in [0.15, 0.2) is 97.1 Å². The van der Waals surface area contributed by atoms with Crippen LogP contribution in [-0.2, 0) is 16.2 Å². The Kier molecular flexibility index (Phi) is 14.7. The molecule has 0 saturated heterocycles. The second kappa shape index (κ2) is 19.0. The molecule has 0 bridgehead atoms. The third kappa shape index (κ3) is 8.14. The highest BCUT2D eigenvalue weighted by atomic mass is 14.6. The van der Waals surface area contributed by atoms with Gasteiger partial charge in [0.15, 0.2) is 0 Å². The molecule has 0 fully saturated rings. The van der Waals surface area contributed by atoms with Crippen molar-refractivity contribution < 1.29 is 0 Å². The smallest absolute Gasteiger partial charge is 0.0271 e. The molecule has 0 nitrogen and oxygen atoms in total. The summed E-state index contributed by atoms with van der Waals surface area (Å²) in [6.45, 7) is 19.5. The Morgan fingerprint density at radius 3 is 1.15 bits per heavy atom. The number of hydrogen-bond acceptors (Lipinski definition) is 0. The van der Waals surface area contributed by atoms with E-state index in [0.29, 0.717) is 11.8 Å². The molecule has 1 aliphatic rings. The fraction of sp³-hybridized carbons (Fsp3) is 0.547. The van der Waals surface area contributed by atoms with Crippen molar-refractivity contribution in [1.82, 2.24) is 0 Å². The van der Waals surface area contributed by atoms with Crippen molar-refractivity contribution in [2.24, 2.45) is 11.8 Å². The molecule has 0 radical (unpaired) electrons. The van der Waals surface area contributed by atoms with E-state index in [-0.39, 0.29) is 16.2 Å². The van der Waals surface area contributed by atoms with Gasteiger partial charge in [0.25, 0.3) is 0 Å². The maximum absolute atomic E-state index is 2.75. The Labute approximate surface area is 326 Å². The fourth-order valence-corrected chi connectivity index (χ4v) is 10.5. The first-order valence-electron chi connectivity index (χ1n) is 22.2. The molecule has 286 valence electrons. The van der Waals surface area contributed by atoms with E-state index in [9.17, 15) is 0 Å². The van der Waals surface area contributed by atoms with Gasteiger partial charge in [0, 0.05) is 16.2 Å². The summed E-state index contributed by atoms with van der Waals surface area (Å²) >= 11 is 0. The molecular weight excluding hydrogens is 637 g/mol. The van der Waals surface area contributed by atoms with Gasteiger partial charge in [-0.25, -0.2) is 0 Å². The molecule has 0 spiro atoms. The summed E-state index contributed by atoms with van der Waals surface area (Å²) in [4.78, 5) is 0. The zero-order valence-electron chi connectivity index (χ0n) is 35.2. The summed E-state index contributed by atoms with van der Waals surface area (Å²) in [5.74, 6) is 1.20. The average molecular weight is 711 g/mol. The van der Waals surface area contributed by atoms with E-state index in [2.05, 4.69) is 152 Å². The summed E-state index contributed by atoms with van der Waals surface area (Å²) in [7, 11) is 0. The van der Waals surface area contributed by atoms with Gasteiger partial charge in [-0.3, -0.25) is 0 Å². The van der Waals surface area contributed by atoms with Crippen molar-refractivity contribution in [3.8, 4) is 11.1 Å². The van der Waals surface area contributed by atoms with Gasteiger partial charge in [0.2, 0.25) is 0 Å². The van der Waals surface area contributed by atoms with Crippen LogP contribution in [0.4, 0.5) is 0 Å². The number of unbranched alkanes of at least 4 members (excludes halogenated alkanes) is 8. The van der Waals surface area contributed by atoms with Gasteiger partial charge in [-0.1, -0.05) is 230 Å². The lowest BCUT2D eigenvalue weighted by molar-refractivity contribution is 0.177. The first-order valence-corrected chi connectivity index (χ1v) is 22.2. The van der Waals surface area contributed by atoms with E-state index in [4.69, 9.17) is 0 Å². The maximum atomic E-state index is 2.75. The minimum Gasteiger partial charge on any atom is -0.0654 e. The number of hydrogen-bond donors (Lipinski definition) is 0.